The summed E-state index contributed by atoms with van der Waals surface area (Å²) in [6.45, 7) is 41.1. The van der Waals surface area contributed by atoms with Crippen molar-refractivity contribution in [2.24, 2.45) is 75.1 Å². The third-order valence-electron chi connectivity index (χ3n) is 32.7. The van der Waals surface area contributed by atoms with Crippen LogP contribution in [0.2, 0.25) is 0 Å². The summed E-state index contributed by atoms with van der Waals surface area (Å²) < 4.78 is 28.1. The number of hydrogen-bond acceptors (Lipinski definition) is 29. The molecule has 4 fully saturated rings. The molecule has 17 nitrogen and oxygen atoms in total. The van der Waals surface area contributed by atoms with E-state index in [-0.39, 0.29) is 93.4 Å². The first kappa shape index (κ1) is 106. The van der Waals surface area contributed by atoms with E-state index >= 15 is 0 Å². The van der Waals surface area contributed by atoms with Gasteiger partial charge in [0.2, 0.25) is 0 Å². The molecule has 5 unspecified atom stereocenters. The Morgan fingerprint density at radius 3 is 1.35 bits per heavy atom. The van der Waals surface area contributed by atoms with Gasteiger partial charge in [-0.2, -0.15) is 0 Å². The fourth-order valence-electron chi connectivity index (χ4n) is 23.1. The first-order valence-corrected chi connectivity index (χ1v) is 62.7. The summed E-state index contributed by atoms with van der Waals surface area (Å²) in [4.78, 5) is 56.6. The number of benzene rings is 1. The fourth-order valence-corrected chi connectivity index (χ4v) is 36.1. The summed E-state index contributed by atoms with van der Waals surface area (Å²) in [6.07, 6.45) is 27.4. The highest BCUT2D eigenvalue weighted by molar-refractivity contribution is 9.11. The van der Waals surface area contributed by atoms with E-state index in [0.29, 0.717) is 11.6 Å². The number of hydrogen-bond donors (Lipinski definition) is 5. The Kier molecular flexibility index (Phi) is 31.8. The van der Waals surface area contributed by atoms with Gasteiger partial charge in [-0.3, -0.25) is 35.0 Å². The van der Waals surface area contributed by atoms with Crippen molar-refractivity contribution in [3.63, 3.8) is 0 Å². The Morgan fingerprint density at radius 2 is 0.865 bits per heavy atom. The lowest BCUT2D eigenvalue weighted by Crippen LogP contribution is -2.50. The molecule has 5 atom stereocenters. The average Bonchev–Trinajstić information content (AvgIpc) is 1.27. The van der Waals surface area contributed by atoms with E-state index < -0.39 is 5.60 Å². The Hall–Kier alpha value is -4.72. The number of nitrogens with two attached hydrogens (primary N) is 3. The van der Waals surface area contributed by atoms with E-state index in [1.165, 1.54) is 162 Å². The highest BCUT2D eigenvalue weighted by Crippen LogP contribution is 2.63. The van der Waals surface area contributed by atoms with Gasteiger partial charge in [0.15, 0.2) is 27.1 Å². The van der Waals surface area contributed by atoms with Crippen molar-refractivity contribution in [2.75, 3.05) is 54.8 Å². The number of thioether (sulfide) groups is 5. The van der Waals surface area contributed by atoms with Crippen LogP contribution < -0.4 is 17.2 Å². The maximum absolute atomic E-state index is 11.8. The molecular formula is C106H135B4BrN10O7S13. The highest BCUT2D eigenvalue weighted by atomic mass is 79.9. The quantitative estimate of drug-likeness (QED) is 0.0311. The topological polar surface area (TPSA) is 262 Å². The summed E-state index contributed by atoms with van der Waals surface area (Å²) in [7, 11) is 0.689. The van der Waals surface area contributed by atoms with Gasteiger partial charge in [0, 0.05) is 107 Å². The van der Waals surface area contributed by atoms with Crippen LogP contribution in [-0.2, 0) is 97.7 Å². The maximum atomic E-state index is 11.8. The minimum atomic E-state index is -0.847. The fraction of sp³-hybridized carbons (Fsp3) is 0.538. The number of rotatable bonds is 8. The first-order chi connectivity index (χ1) is 67.1. The number of aliphatic hydroxyl groups is 1. The van der Waals surface area contributed by atoms with Crippen molar-refractivity contribution in [3.8, 4) is 10.4 Å². The van der Waals surface area contributed by atoms with Gasteiger partial charge >= 0.3 is 28.2 Å². The lowest BCUT2D eigenvalue weighted by molar-refractivity contribution is -0.0415. The number of amidine groups is 5. The van der Waals surface area contributed by atoms with Crippen LogP contribution in [0.25, 0.3) is 16.0 Å². The molecule has 9 aromatic rings. The van der Waals surface area contributed by atoms with Gasteiger partial charge in [-0.05, 0) is 298 Å². The number of carbonyl (C=O) groups excluding carboxylic acids is 2. The van der Waals surface area contributed by atoms with Crippen LogP contribution in [-0.4, -0.2) is 135 Å². The molecule has 1 aromatic carbocycles. The number of halogens is 1. The largest absolute Gasteiger partial charge is 0.431 e. The smallest absolute Gasteiger partial charge is 0.418 e. The number of thiophene rings is 8. The van der Waals surface area contributed by atoms with E-state index in [4.69, 9.17) is 61.2 Å². The Balaban J connectivity index is 0.000000108. The Labute approximate surface area is 899 Å². The van der Waals surface area contributed by atoms with Crippen LogP contribution in [0.4, 0.5) is 0 Å². The van der Waals surface area contributed by atoms with Crippen LogP contribution >= 0.6 is 165 Å². The molecule has 0 radical (unpaired) electrons. The minimum absolute atomic E-state index is 0.0596. The number of aliphatic imine (C=N–C) groups is 4. The van der Waals surface area contributed by atoms with Crippen LogP contribution in [0.15, 0.2) is 148 Å². The van der Waals surface area contributed by atoms with E-state index in [9.17, 15) is 14.7 Å². The molecule has 16 aliphatic rings. The lowest BCUT2D eigenvalue weighted by Gasteiger charge is -2.50. The van der Waals surface area contributed by atoms with E-state index in [1.54, 1.807) is 63.6 Å². The van der Waals surface area contributed by atoms with E-state index in [0.717, 1.165) is 169 Å². The standard InChI is InChI=1S/C20H24N2S2.C15H19B2BrN2O2S2.C15H20B2N2O2S2.2C13H18N2S2.C12H16OS.C10H12OS.C8H8OS/c1-13-5-4-6-14(11-13)17-12-15-16(24-17)7-8-19(2,3)20(15)9-10-23-18(21)22-20;1-14(2)4-3-11-10(7-12(18)24-11)15(14)5-6-23-13(19-15)20(16-8-21-16)17-9-22-17;1-14(2)5-3-12-11(4-7-22-12)15(14)6-8-23-13(18-15)19(16-9-20-16)17-10-21-17;1-12(2)5-3-10-9(4-7-16-10)13(12)6-8-17-11(14)15-13;1-13(2)6-3-11-9(4-7-16-11)10(13)5-8-17-12(14)15;1-4-12(13)9-6-8-14-10(9)5-7-11(12,2)3;1-10(2)5-3-8-7(9(10)11)4-6-12-8;9-7-2-1-3-8-6(7)4-5-10-8/h4-6,11-12H,7-10H2,1-3H3,(H2,21,22);7H,3-6,8-9H2,1-2H3;4,7H,3,5-6,8-10H2,1-2H3;4,7H,3,5-6,8H2,1-2H3,(H2,14,15);4-5,7H,3,6,8H2,1-2H3,(H3,14,15);4,6,8,13H,1,5,7H2,2-3H3;4,6H,3,5H2,1-2H3;4-5H,1-3H2/b;;;;10-5-;;;. The molecule has 748 valence electrons. The second-order valence-electron chi connectivity index (χ2n) is 44.3. The number of fused-ring (bicyclic) bond motifs is 12. The lowest BCUT2D eigenvalue weighted by atomic mass is 9.61. The van der Waals surface area contributed by atoms with Gasteiger partial charge < -0.3 is 50.4 Å². The van der Waals surface area contributed by atoms with Crippen LogP contribution in [0.5, 0.6) is 0 Å². The SMILES string of the molecule is C=CC1(O)c2ccsc2CCC1(C)C.CC1(C)CCc2sc(Br)cc2C12CCSC(N(B1CO1)B1CO1)=N2.CC1(C)CCc2sccc2/C1=C/CSC(=N)N.CC1(C)CCc2sccc2C12CCSC(N(B1CO1)B1CO1)=N2.CC1(C)CCc2sccc2C12CCSC(N)=N2.CC1(C)CCc2sccc2C1=O.Cc1cccc(-c2cc3c(s2)CCC(C)(C)C32CCSC(N)=N2)c1.O=C1CCCc2sccc21. The van der Waals surface area contributed by atoms with Gasteiger partial charge in [0.05, 0.1) is 52.0 Å². The van der Waals surface area contributed by atoms with E-state index in [2.05, 4.69) is 204 Å². The molecule has 0 amide bonds. The molecule has 4 saturated heterocycles. The number of nitrogens with zero attached hydrogens (tertiary/aromatic N) is 6. The van der Waals surface area contributed by atoms with Crippen molar-refractivity contribution < 1.29 is 33.3 Å². The highest BCUT2D eigenvalue weighted by Gasteiger charge is 2.60. The predicted octanol–water partition coefficient (Wildman–Crippen LogP) is 27.1. The van der Waals surface area contributed by atoms with Gasteiger partial charge in [-0.1, -0.05) is 204 Å². The van der Waals surface area contributed by atoms with Crippen molar-refractivity contribution >= 4 is 237 Å². The second kappa shape index (κ2) is 42.2. The normalized spacial score (nSPS) is 26.6. The number of allylic oxidation sites excluding steroid dienone is 1. The molecule has 8 aliphatic heterocycles. The molecule has 0 bridgehead atoms. The molecule has 0 saturated carbocycles. The molecule has 4 spiro atoms. The Bertz CT molecular complexity index is 6270. The zero-order valence-corrected chi connectivity index (χ0v) is 96.5. The third-order valence-corrected chi connectivity index (χ3v) is 45.7. The summed E-state index contributed by atoms with van der Waals surface area (Å²) in [5.41, 5.74) is 31.3. The van der Waals surface area contributed by atoms with Gasteiger partial charge in [-0.15, -0.1) is 90.7 Å². The summed E-state index contributed by atoms with van der Waals surface area (Å²) in [5, 5.41) is 34.6. The zero-order chi connectivity index (χ0) is 99.8. The number of carbonyl (C=O) groups is 2. The first-order valence-electron chi connectivity index (χ1n) is 50.0. The molecule has 8 N–H and O–H groups in total. The molecule has 141 heavy (non-hydrogen) atoms. The maximum Gasteiger partial charge on any atom is 0.431 e. The molecule has 16 heterocycles. The van der Waals surface area contributed by atoms with Gasteiger partial charge in [0.1, 0.15) is 15.9 Å². The zero-order valence-electron chi connectivity index (χ0n) is 84.3. The number of ketones is 2. The van der Waals surface area contributed by atoms with Crippen molar-refractivity contribution in [1.29, 1.82) is 5.41 Å². The van der Waals surface area contributed by atoms with Gasteiger partial charge in [0.25, 0.3) is 0 Å². The molecular weight excluding hydrogens is 2070 g/mol. The summed E-state index contributed by atoms with van der Waals surface area (Å²) in [6, 6.07) is 26.3. The molecule has 25 rings (SSSR count). The predicted molar refractivity (Wildman–Crippen MR) is 619 cm³/mol. The molecule has 35 heteroatoms. The minimum Gasteiger partial charge on any atom is -0.418 e. The number of Topliss-reactive ketones (excluding diaryl/α,β-unsaturated/α-hetero) is 2. The Morgan fingerprint density at radius 1 is 0.468 bits per heavy atom. The average molecular weight is 2200 g/mol. The van der Waals surface area contributed by atoms with Crippen molar-refractivity contribution in [3.05, 3.63) is 217 Å². The third kappa shape index (κ3) is 21.6. The van der Waals surface area contributed by atoms with Crippen LogP contribution in [0.3, 0.4) is 0 Å². The molecule has 8 aliphatic carbocycles. The van der Waals surface area contributed by atoms with Crippen LogP contribution in [0.1, 0.15) is 279 Å². The van der Waals surface area contributed by atoms with Crippen LogP contribution in [0, 0.1) is 50.2 Å². The van der Waals surface area contributed by atoms with Crippen molar-refractivity contribution in [2.45, 2.75) is 266 Å². The van der Waals surface area contributed by atoms with Crippen molar-refractivity contribution in [1.82, 2.24) is 9.44 Å². The monoisotopic (exact) mass is 2200 g/mol. The number of aryl methyl sites for hydroxylation is 9. The molecule has 8 aromatic heterocycles. The van der Waals surface area contributed by atoms with E-state index in [1.807, 2.05) is 123 Å². The number of nitrogens with one attached hydrogen (secondary N) is 1. The van der Waals surface area contributed by atoms with Gasteiger partial charge in [-0.25, -0.2) is 0 Å². The summed E-state index contributed by atoms with van der Waals surface area (Å²) in [5.74, 6) is 5.83. The summed E-state index contributed by atoms with van der Waals surface area (Å²) >= 11 is 26.8. The second-order valence-corrected chi connectivity index (χ2v) is 59.4.